The normalized spacial score (nSPS) is 15.6. The molecule has 108 valence electrons. The van der Waals surface area contributed by atoms with Crippen molar-refractivity contribution < 1.29 is 0 Å². The highest BCUT2D eigenvalue weighted by molar-refractivity contribution is 5.58. The Hall–Kier alpha value is -1.63. The van der Waals surface area contributed by atoms with E-state index in [9.17, 15) is 5.26 Å². The number of hydrogen-bond acceptors (Lipinski definition) is 4. The molecule has 1 aromatic heterocycles. The molecule has 1 aliphatic carbocycles. The average Bonchev–Trinajstić information content (AvgIpc) is 2.93. The van der Waals surface area contributed by atoms with Gasteiger partial charge in [-0.15, -0.1) is 5.10 Å². The van der Waals surface area contributed by atoms with Crippen LogP contribution in [0.15, 0.2) is 0 Å². The van der Waals surface area contributed by atoms with Gasteiger partial charge in [0, 0.05) is 12.6 Å². The molecule has 0 amide bonds. The number of nitriles is 1. The summed E-state index contributed by atoms with van der Waals surface area (Å²) in [6.45, 7) is 9.24. The average molecular weight is 272 g/mol. The maximum atomic E-state index is 9.51. The van der Waals surface area contributed by atoms with Crippen molar-refractivity contribution in [2.45, 2.75) is 59.4 Å². The molecule has 0 atom stereocenters. The second-order valence-corrected chi connectivity index (χ2v) is 6.21. The van der Waals surface area contributed by atoms with Crippen LogP contribution in [0.1, 0.15) is 56.4 Å². The molecule has 1 heterocycles. The molecule has 0 unspecified atom stereocenters. The summed E-state index contributed by atoms with van der Waals surface area (Å²) < 4.78 is 0. The van der Waals surface area contributed by atoms with E-state index in [0.717, 1.165) is 23.6 Å². The van der Waals surface area contributed by atoms with Crippen LogP contribution in [0.3, 0.4) is 0 Å². The third-order valence-electron chi connectivity index (χ3n) is 4.15. The van der Waals surface area contributed by atoms with Crippen LogP contribution in [0, 0.1) is 31.1 Å². The molecule has 20 heavy (non-hydrogen) atoms. The van der Waals surface area contributed by atoms with Crippen molar-refractivity contribution in [3.05, 3.63) is 16.8 Å². The summed E-state index contributed by atoms with van der Waals surface area (Å²) in [7, 11) is 0. The number of aromatic nitrogens is 2. The zero-order chi connectivity index (χ0) is 14.7. The number of rotatable bonds is 4. The van der Waals surface area contributed by atoms with E-state index in [2.05, 4.69) is 35.0 Å². The lowest BCUT2D eigenvalue weighted by Gasteiger charge is -2.32. The van der Waals surface area contributed by atoms with Gasteiger partial charge in [-0.2, -0.15) is 10.4 Å². The first kappa shape index (κ1) is 14.8. The molecule has 0 bridgehead atoms. The van der Waals surface area contributed by atoms with Gasteiger partial charge in [0.25, 0.3) is 0 Å². The molecule has 1 aliphatic rings. The summed E-state index contributed by atoms with van der Waals surface area (Å²) in [5, 5.41) is 18.1. The lowest BCUT2D eigenvalue weighted by atomic mass is 10.1. The van der Waals surface area contributed by atoms with Crippen LogP contribution in [0.25, 0.3) is 0 Å². The maximum Gasteiger partial charge on any atom is 0.169 e. The van der Waals surface area contributed by atoms with Crippen LogP contribution in [0.4, 0.5) is 5.82 Å². The first-order chi connectivity index (χ1) is 9.54. The Morgan fingerprint density at radius 3 is 2.45 bits per heavy atom. The zero-order valence-electron chi connectivity index (χ0n) is 13.0. The largest absolute Gasteiger partial charge is 0.351 e. The van der Waals surface area contributed by atoms with E-state index in [1.807, 2.05) is 13.8 Å². The molecule has 0 N–H and O–H groups in total. The molecule has 2 rings (SSSR count). The van der Waals surface area contributed by atoms with Crippen LogP contribution in [0.5, 0.6) is 0 Å². The number of hydrogen-bond donors (Lipinski definition) is 0. The summed E-state index contributed by atoms with van der Waals surface area (Å²) in [6, 6.07) is 2.85. The fraction of sp³-hybridized carbons (Fsp3) is 0.688. The first-order valence-electron chi connectivity index (χ1n) is 7.55. The fourth-order valence-electron chi connectivity index (χ4n) is 2.95. The maximum absolute atomic E-state index is 9.51. The van der Waals surface area contributed by atoms with Gasteiger partial charge in [0.1, 0.15) is 11.6 Å². The van der Waals surface area contributed by atoms with Gasteiger partial charge >= 0.3 is 0 Å². The summed E-state index contributed by atoms with van der Waals surface area (Å²) in [4.78, 5) is 2.33. The molecule has 0 radical (unpaired) electrons. The highest BCUT2D eigenvalue weighted by atomic mass is 15.3. The van der Waals surface area contributed by atoms with Crippen molar-refractivity contribution in [2.75, 3.05) is 11.4 Å². The Kier molecular flexibility index (Phi) is 4.59. The SMILES string of the molecule is Cc1nnc(N(CC(C)C)C2CCCC2)c(C#N)c1C. The van der Waals surface area contributed by atoms with Gasteiger partial charge in [-0.1, -0.05) is 26.7 Å². The predicted molar refractivity (Wildman–Crippen MR) is 80.7 cm³/mol. The van der Waals surface area contributed by atoms with Crippen molar-refractivity contribution in [3.63, 3.8) is 0 Å². The van der Waals surface area contributed by atoms with Gasteiger partial charge in [-0.25, -0.2) is 0 Å². The molecule has 0 aromatic carbocycles. The Morgan fingerprint density at radius 1 is 1.25 bits per heavy atom. The van der Waals surface area contributed by atoms with Gasteiger partial charge in [0.2, 0.25) is 0 Å². The lowest BCUT2D eigenvalue weighted by molar-refractivity contribution is 0.528. The van der Waals surface area contributed by atoms with Crippen LogP contribution in [-0.4, -0.2) is 22.8 Å². The lowest BCUT2D eigenvalue weighted by Crippen LogP contribution is -2.38. The van der Waals surface area contributed by atoms with E-state index >= 15 is 0 Å². The van der Waals surface area contributed by atoms with E-state index in [1.165, 1.54) is 25.7 Å². The molecule has 0 saturated heterocycles. The summed E-state index contributed by atoms with van der Waals surface area (Å²) in [6.07, 6.45) is 4.96. The molecule has 1 aromatic rings. The number of nitrogens with zero attached hydrogens (tertiary/aromatic N) is 4. The van der Waals surface area contributed by atoms with Crippen molar-refractivity contribution in [3.8, 4) is 6.07 Å². The minimum absolute atomic E-state index is 0.515. The zero-order valence-corrected chi connectivity index (χ0v) is 13.0. The van der Waals surface area contributed by atoms with Gasteiger partial charge in [-0.05, 0) is 38.2 Å². The number of aryl methyl sites for hydroxylation is 1. The van der Waals surface area contributed by atoms with Gasteiger partial charge in [-0.3, -0.25) is 0 Å². The Balaban J connectivity index is 2.43. The third kappa shape index (κ3) is 2.92. The smallest absolute Gasteiger partial charge is 0.169 e. The third-order valence-corrected chi connectivity index (χ3v) is 4.15. The molecule has 0 aliphatic heterocycles. The van der Waals surface area contributed by atoms with E-state index in [-0.39, 0.29) is 0 Å². The van der Waals surface area contributed by atoms with Crippen molar-refractivity contribution >= 4 is 5.82 Å². The van der Waals surface area contributed by atoms with Gasteiger partial charge in [0.15, 0.2) is 5.82 Å². The molecular formula is C16H24N4. The van der Waals surface area contributed by atoms with E-state index in [0.29, 0.717) is 17.5 Å². The molecule has 1 saturated carbocycles. The molecule has 4 nitrogen and oxygen atoms in total. The summed E-state index contributed by atoms with van der Waals surface area (Å²) >= 11 is 0. The second kappa shape index (κ2) is 6.21. The second-order valence-electron chi connectivity index (χ2n) is 6.21. The summed E-state index contributed by atoms with van der Waals surface area (Å²) in [5.41, 5.74) is 2.51. The molecular weight excluding hydrogens is 248 g/mol. The van der Waals surface area contributed by atoms with Crippen molar-refractivity contribution in [1.29, 1.82) is 5.26 Å². The highest BCUT2D eigenvalue weighted by Crippen LogP contribution is 2.30. The summed E-state index contributed by atoms with van der Waals surface area (Å²) in [5.74, 6) is 1.33. The number of anilines is 1. The van der Waals surface area contributed by atoms with Crippen LogP contribution in [0.2, 0.25) is 0 Å². The Morgan fingerprint density at radius 2 is 1.90 bits per heavy atom. The van der Waals surface area contributed by atoms with E-state index < -0.39 is 0 Å². The highest BCUT2D eigenvalue weighted by Gasteiger charge is 2.27. The topological polar surface area (TPSA) is 52.8 Å². The Labute approximate surface area is 121 Å². The van der Waals surface area contributed by atoms with E-state index in [4.69, 9.17) is 0 Å². The fourth-order valence-corrected chi connectivity index (χ4v) is 2.95. The van der Waals surface area contributed by atoms with Crippen LogP contribution in [-0.2, 0) is 0 Å². The van der Waals surface area contributed by atoms with Crippen LogP contribution < -0.4 is 4.90 Å². The molecule has 0 spiro atoms. The standard InChI is InChI=1S/C16H24N4/c1-11(2)10-20(14-7-5-6-8-14)16-15(9-17)12(3)13(4)18-19-16/h11,14H,5-8,10H2,1-4H3. The minimum atomic E-state index is 0.515. The monoisotopic (exact) mass is 272 g/mol. The van der Waals surface area contributed by atoms with Gasteiger partial charge < -0.3 is 4.90 Å². The van der Waals surface area contributed by atoms with Gasteiger partial charge in [0.05, 0.1) is 5.69 Å². The van der Waals surface area contributed by atoms with E-state index in [1.54, 1.807) is 0 Å². The quantitative estimate of drug-likeness (QED) is 0.843. The predicted octanol–water partition coefficient (Wildman–Crippen LogP) is 3.37. The molecule has 1 fully saturated rings. The first-order valence-corrected chi connectivity index (χ1v) is 7.55. The van der Waals surface area contributed by atoms with Crippen molar-refractivity contribution in [1.82, 2.24) is 10.2 Å². The van der Waals surface area contributed by atoms with Crippen molar-refractivity contribution in [2.24, 2.45) is 5.92 Å². The Bertz CT molecular complexity index is 510. The molecule has 4 heteroatoms. The minimum Gasteiger partial charge on any atom is -0.351 e. The van der Waals surface area contributed by atoms with Crippen LogP contribution >= 0.6 is 0 Å².